The van der Waals surface area contributed by atoms with Gasteiger partial charge in [0.15, 0.2) is 0 Å². The number of carbonyl (C=O) groups excluding carboxylic acids is 1. The van der Waals surface area contributed by atoms with Gasteiger partial charge in [-0.1, -0.05) is 6.92 Å². The maximum absolute atomic E-state index is 12.6. The number of amides is 1. The Labute approximate surface area is 117 Å². The molecule has 1 aromatic carbocycles. The van der Waals surface area contributed by atoms with Crippen molar-refractivity contribution >= 4 is 17.3 Å². The fourth-order valence-corrected chi connectivity index (χ4v) is 2.58. The van der Waals surface area contributed by atoms with Crippen molar-refractivity contribution < 1.29 is 9.72 Å². The van der Waals surface area contributed by atoms with Gasteiger partial charge < -0.3 is 10.2 Å². The van der Waals surface area contributed by atoms with Gasteiger partial charge in [-0.15, -0.1) is 0 Å². The summed E-state index contributed by atoms with van der Waals surface area (Å²) in [7, 11) is 1.71. The molecule has 0 saturated carbocycles. The SMILES string of the molecule is CNc1ccc([N+](=O)[O-])cc1C(=O)N1CCCC(C)C1. The number of rotatable bonds is 3. The van der Waals surface area contributed by atoms with Crippen LogP contribution in [0, 0.1) is 16.0 Å². The highest BCUT2D eigenvalue weighted by Gasteiger charge is 2.25. The second-order valence-electron chi connectivity index (χ2n) is 5.24. The third kappa shape index (κ3) is 2.89. The summed E-state index contributed by atoms with van der Waals surface area (Å²) in [5, 5.41) is 13.8. The zero-order valence-corrected chi connectivity index (χ0v) is 11.8. The van der Waals surface area contributed by atoms with Gasteiger partial charge in [0.25, 0.3) is 11.6 Å². The number of nitrogens with zero attached hydrogens (tertiary/aromatic N) is 2. The molecule has 1 aliphatic heterocycles. The number of anilines is 1. The lowest BCUT2D eigenvalue weighted by Gasteiger charge is -2.31. The molecular weight excluding hydrogens is 258 g/mol. The maximum atomic E-state index is 12.6. The number of piperidine rings is 1. The first-order valence-electron chi connectivity index (χ1n) is 6.78. The van der Waals surface area contributed by atoms with Crippen molar-refractivity contribution in [1.82, 2.24) is 4.90 Å². The van der Waals surface area contributed by atoms with Gasteiger partial charge in [-0.2, -0.15) is 0 Å². The van der Waals surface area contributed by atoms with Crippen LogP contribution in [0.1, 0.15) is 30.1 Å². The van der Waals surface area contributed by atoms with Gasteiger partial charge >= 0.3 is 0 Å². The molecule has 0 spiro atoms. The summed E-state index contributed by atoms with van der Waals surface area (Å²) < 4.78 is 0. The average Bonchev–Trinajstić information content (AvgIpc) is 2.45. The van der Waals surface area contributed by atoms with Crippen LogP contribution in [0.5, 0.6) is 0 Å². The molecule has 1 amide bonds. The minimum Gasteiger partial charge on any atom is -0.387 e. The molecule has 1 unspecified atom stereocenters. The zero-order valence-electron chi connectivity index (χ0n) is 11.8. The highest BCUT2D eigenvalue weighted by Crippen LogP contribution is 2.25. The van der Waals surface area contributed by atoms with Crippen LogP contribution in [0.25, 0.3) is 0 Å². The smallest absolute Gasteiger partial charge is 0.270 e. The molecule has 0 aromatic heterocycles. The predicted molar refractivity (Wildman–Crippen MR) is 76.9 cm³/mol. The van der Waals surface area contributed by atoms with Crippen molar-refractivity contribution in [2.24, 2.45) is 5.92 Å². The van der Waals surface area contributed by atoms with Gasteiger partial charge in [-0.3, -0.25) is 14.9 Å². The maximum Gasteiger partial charge on any atom is 0.270 e. The first kappa shape index (κ1) is 14.3. The minimum atomic E-state index is -0.477. The van der Waals surface area contributed by atoms with E-state index in [-0.39, 0.29) is 11.6 Å². The molecule has 0 bridgehead atoms. The number of nitro benzene ring substituents is 1. The molecule has 20 heavy (non-hydrogen) atoms. The lowest BCUT2D eigenvalue weighted by molar-refractivity contribution is -0.384. The van der Waals surface area contributed by atoms with Crippen molar-refractivity contribution in [3.05, 3.63) is 33.9 Å². The molecule has 1 N–H and O–H groups in total. The summed E-state index contributed by atoms with van der Waals surface area (Å²) in [4.78, 5) is 24.7. The lowest BCUT2D eigenvalue weighted by Crippen LogP contribution is -2.39. The normalized spacial score (nSPS) is 18.7. The average molecular weight is 277 g/mol. The molecule has 0 radical (unpaired) electrons. The summed E-state index contributed by atoms with van der Waals surface area (Å²) in [6.45, 7) is 3.55. The Morgan fingerprint density at radius 1 is 1.50 bits per heavy atom. The van der Waals surface area contributed by atoms with Crippen LogP contribution < -0.4 is 5.32 Å². The number of nitrogens with one attached hydrogen (secondary N) is 1. The van der Waals surface area contributed by atoms with E-state index in [9.17, 15) is 14.9 Å². The van der Waals surface area contributed by atoms with Crippen LogP contribution >= 0.6 is 0 Å². The molecule has 2 rings (SSSR count). The van der Waals surface area contributed by atoms with E-state index in [4.69, 9.17) is 0 Å². The van der Waals surface area contributed by atoms with Crippen molar-refractivity contribution in [2.45, 2.75) is 19.8 Å². The standard InChI is InChI=1S/C14H19N3O3/c1-10-4-3-7-16(9-10)14(18)12-8-11(17(19)20)5-6-13(12)15-2/h5-6,8,10,15H,3-4,7,9H2,1-2H3. The first-order chi connectivity index (χ1) is 9.52. The van der Waals surface area contributed by atoms with Gasteiger partial charge in [0, 0.05) is 38.0 Å². The van der Waals surface area contributed by atoms with Crippen LogP contribution in [0.4, 0.5) is 11.4 Å². The molecule has 1 aromatic rings. The van der Waals surface area contributed by atoms with E-state index in [0.29, 0.717) is 23.7 Å². The van der Waals surface area contributed by atoms with Crippen molar-refractivity contribution in [2.75, 3.05) is 25.5 Å². The second-order valence-corrected chi connectivity index (χ2v) is 5.24. The molecule has 0 aliphatic carbocycles. The minimum absolute atomic E-state index is 0.0580. The first-order valence-corrected chi connectivity index (χ1v) is 6.78. The van der Waals surface area contributed by atoms with E-state index in [2.05, 4.69) is 12.2 Å². The van der Waals surface area contributed by atoms with Gasteiger partial charge in [0.2, 0.25) is 0 Å². The van der Waals surface area contributed by atoms with Crippen molar-refractivity contribution in [3.63, 3.8) is 0 Å². The zero-order chi connectivity index (χ0) is 14.7. The quantitative estimate of drug-likeness (QED) is 0.680. The fraction of sp³-hybridized carbons (Fsp3) is 0.500. The third-order valence-electron chi connectivity index (χ3n) is 3.66. The Kier molecular flexibility index (Phi) is 4.22. The number of hydrogen-bond acceptors (Lipinski definition) is 4. The van der Waals surface area contributed by atoms with E-state index in [1.807, 2.05) is 0 Å². The number of carbonyl (C=O) groups is 1. The summed E-state index contributed by atoms with van der Waals surface area (Å²) in [6, 6.07) is 4.34. The number of benzene rings is 1. The summed E-state index contributed by atoms with van der Waals surface area (Å²) >= 11 is 0. The second kappa shape index (κ2) is 5.90. The number of nitro groups is 1. The van der Waals surface area contributed by atoms with Crippen LogP contribution in [0.2, 0.25) is 0 Å². The molecule has 6 nitrogen and oxygen atoms in total. The number of likely N-dealkylation sites (tertiary alicyclic amines) is 1. The van der Waals surface area contributed by atoms with E-state index in [1.54, 1.807) is 18.0 Å². The molecule has 1 atom stereocenters. The van der Waals surface area contributed by atoms with Crippen LogP contribution in [-0.2, 0) is 0 Å². The van der Waals surface area contributed by atoms with E-state index >= 15 is 0 Å². The summed E-state index contributed by atoms with van der Waals surface area (Å²) in [5.41, 5.74) is 0.937. The molecule has 1 heterocycles. The highest BCUT2D eigenvalue weighted by molar-refractivity contribution is 6.00. The summed E-state index contributed by atoms with van der Waals surface area (Å²) in [5.74, 6) is 0.342. The Hall–Kier alpha value is -2.11. The van der Waals surface area contributed by atoms with Gasteiger partial charge in [0.1, 0.15) is 0 Å². The Morgan fingerprint density at radius 3 is 2.85 bits per heavy atom. The predicted octanol–water partition coefficient (Wildman–Crippen LogP) is 2.51. The molecule has 1 aliphatic rings. The summed E-state index contributed by atoms with van der Waals surface area (Å²) in [6.07, 6.45) is 2.11. The topological polar surface area (TPSA) is 75.5 Å². The largest absolute Gasteiger partial charge is 0.387 e. The van der Waals surface area contributed by atoms with Gasteiger partial charge in [0.05, 0.1) is 10.5 Å². The molecule has 1 saturated heterocycles. The van der Waals surface area contributed by atoms with E-state index in [0.717, 1.165) is 19.4 Å². The Morgan fingerprint density at radius 2 is 2.25 bits per heavy atom. The molecule has 108 valence electrons. The number of hydrogen-bond donors (Lipinski definition) is 1. The van der Waals surface area contributed by atoms with Gasteiger partial charge in [-0.05, 0) is 24.8 Å². The van der Waals surface area contributed by atoms with Gasteiger partial charge in [-0.25, -0.2) is 0 Å². The molecule has 1 fully saturated rings. The highest BCUT2D eigenvalue weighted by atomic mass is 16.6. The third-order valence-corrected chi connectivity index (χ3v) is 3.66. The van der Waals surface area contributed by atoms with Crippen molar-refractivity contribution in [3.8, 4) is 0 Å². The fourth-order valence-electron chi connectivity index (χ4n) is 2.58. The van der Waals surface area contributed by atoms with E-state index in [1.165, 1.54) is 12.1 Å². The van der Waals surface area contributed by atoms with E-state index < -0.39 is 4.92 Å². The lowest BCUT2D eigenvalue weighted by atomic mass is 9.99. The monoisotopic (exact) mass is 277 g/mol. The molecule has 6 heteroatoms. The number of non-ortho nitro benzene ring substituents is 1. The van der Waals surface area contributed by atoms with Crippen LogP contribution in [-0.4, -0.2) is 35.9 Å². The Balaban J connectivity index is 2.31. The van der Waals surface area contributed by atoms with Crippen LogP contribution in [0.3, 0.4) is 0 Å². The molecular formula is C14H19N3O3. The van der Waals surface area contributed by atoms with Crippen molar-refractivity contribution in [1.29, 1.82) is 0 Å². The Bertz CT molecular complexity index is 530. The van der Waals surface area contributed by atoms with Crippen LogP contribution in [0.15, 0.2) is 18.2 Å².